The highest BCUT2D eigenvalue weighted by atomic mass is 16.1. The van der Waals surface area contributed by atoms with Crippen LogP contribution in [0.2, 0.25) is 0 Å². The van der Waals surface area contributed by atoms with Crippen molar-refractivity contribution in [1.29, 1.82) is 0 Å². The summed E-state index contributed by atoms with van der Waals surface area (Å²) in [6, 6.07) is 8.60. The molecule has 0 aliphatic heterocycles. The van der Waals surface area contributed by atoms with Crippen molar-refractivity contribution in [1.82, 2.24) is 0 Å². The van der Waals surface area contributed by atoms with Gasteiger partial charge in [-0.15, -0.1) is 0 Å². The average molecular weight is 242 g/mol. The van der Waals surface area contributed by atoms with Gasteiger partial charge in [-0.05, 0) is 41.7 Å². The summed E-state index contributed by atoms with van der Waals surface area (Å²) in [5, 5.41) is 0. The predicted octanol–water partition coefficient (Wildman–Crippen LogP) is 3.97. The molecule has 1 aromatic rings. The van der Waals surface area contributed by atoms with Gasteiger partial charge in [-0.3, -0.25) is 4.79 Å². The van der Waals surface area contributed by atoms with E-state index in [4.69, 9.17) is 0 Å². The minimum absolute atomic E-state index is 0.420. The van der Waals surface area contributed by atoms with Crippen molar-refractivity contribution in [3.63, 3.8) is 0 Å². The zero-order valence-corrected chi connectivity index (χ0v) is 11.4. The van der Waals surface area contributed by atoms with E-state index in [2.05, 4.69) is 38.1 Å². The van der Waals surface area contributed by atoms with Crippen molar-refractivity contribution in [2.45, 2.75) is 45.4 Å². The SMILES string of the molecule is CC(C)c1ccc(CC(=O)C2C3CCCC32)cc1. The van der Waals surface area contributed by atoms with E-state index in [9.17, 15) is 4.79 Å². The molecule has 96 valence electrons. The lowest BCUT2D eigenvalue weighted by Gasteiger charge is -2.07. The number of ketones is 1. The summed E-state index contributed by atoms with van der Waals surface area (Å²) in [5.41, 5.74) is 2.55. The van der Waals surface area contributed by atoms with Crippen molar-refractivity contribution >= 4 is 5.78 Å². The van der Waals surface area contributed by atoms with Gasteiger partial charge in [-0.2, -0.15) is 0 Å². The van der Waals surface area contributed by atoms with Crippen LogP contribution in [0, 0.1) is 17.8 Å². The van der Waals surface area contributed by atoms with Gasteiger partial charge in [0.25, 0.3) is 0 Å². The second kappa shape index (κ2) is 4.53. The lowest BCUT2D eigenvalue weighted by atomic mass is 9.98. The Labute approximate surface area is 110 Å². The van der Waals surface area contributed by atoms with E-state index in [0.29, 0.717) is 24.0 Å². The first-order chi connectivity index (χ1) is 8.66. The van der Waals surface area contributed by atoms with Crippen LogP contribution in [0.1, 0.15) is 50.2 Å². The number of hydrogen-bond donors (Lipinski definition) is 0. The first-order valence-corrected chi connectivity index (χ1v) is 7.28. The molecule has 0 spiro atoms. The van der Waals surface area contributed by atoms with Crippen LogP contribution in [0.25, 0.3) is 0 Å². The van der Waals surface area contributed by atoms with Crippen LogP contribution in [0.4, 0.5) is 0 Å². The Bertz CT molecular complexity index is 433. The Kier molecular flexibility index (Phi) is 3.01. The van der Waals surface area contributed by atoms with Crippen molar-refractivity contribution in [3.8, 4) is 0 Å². The molecule has 2 saturated carbocycles. The van der Waals surface area contributed by atoms with Crippen LogP contribution >= 0.6 is 0 Å². The normalized spacial score (nSPS) is 29.4. The first-order valence-electron chi connectivity index (χ1n) is 7.28. The molecular formula is C17H22O. The van der Waals surface area contributed by atoms with E-state index in [1.54, 1.807) is 0 Å². The van der Waals surface area contributed by atoms with E-state index in [-0.39, 0.29) is 0 Å². The average Bonchev–Trinajstić information content (AvgIpc) is 2.84. The van der Waals surface area contributed by atoms with Crippen molar-refractivity contribution in [2.24, 2.45) is 17.8 Å². The van der Waals surface area contributed by atoms with Gasteiger partial charge in [0.05, 0.1) is 0 Å². The zero-order chi connectivity index (χ0) is 12.7. The second-order valence-electron chi connectivity index (χ2n) is 6.32. The first kappa shape index (κ1) is 12.0. The fraction of sp³-hybridized carbons (Fsp3) is 0.588. The molecule has 1 heteroatoms. The van der Waals surface area contributed by atoms with Gasteiger partial charge in [-0.1, -0.05) is 44.5 Å². The smallest absolute Gasteiger partial charge is 0.140 e. The molecule has 1 aromatic carbocycles. The highest BCUT2D eigenvalue weighted by molar-refractivity contribution is 5.86. The fourth-order valence-corrected chi connectivity index (χ4v) is 3.64. The standard InChI is InChI=1S/C17H22O/c1-11(2)13-8-6-12(7-9-13)10-16(18)17-14-4-3-5-15(14)17/h6-9,11,14-15,17H,3-5,10H2,1-2H3. The predicted molar refractivity (Wildman–Crippen MR) is 73.6 cm³/mol. The van der Waals surface area contributed by atoms with E-state index >= 15 is 0 Å². The van der Waals surface area contributed by atoms with Crippen LogP contribution in [-0.2, 0) is 11.2 Å². The number of benzene rings is 1. The summed E-state index contributed by atoms with van der Waals surface area (Å²) < 4.78 is 0. The molecule has 18 heavy (non-hydrogen) atoms. The summed E-state index contributed by atoms with van der Waals surface area (Å²) >= 11 is 0. The highest BCUT2D eigenvalue weighted by Gasteiger charge is 2.55. The molecule has 2 aliphatic carbocycles. The van der Waals surface area contributed by atoms with E-state index in [1.807, 2.05) is 0 Å². The number of carbonyl (C=O) groups excluding carboxylic acids is 1. The number of hydrogen-bond acceptors (Lipinski definition) is 1. The molecule has 2 atom stereocenters. The summed E-state index contributed by atoms with van der Waals surface area (Å²) in [4.78, 5) is 12.2. The molecule has 2 fully saturated rings. The van der Waals surface area contributed by atoms with Gasteiger partial charge < -0.3 is 0 Å². The third-order valence-electron chi connectivity index (χ3n) is 4.80. The summed E-state index contributed by atoms with van der Waals surface area (Å²) in [6.45, 7) is 4.40. The molecule has 0 heterocycles. The van der Waals surface area contributed by atoms with Gasteiger partial charge in [0.2, 0.25) is 0 Å². The second-order valence-corrected chi connectivity index (χ2v) is 6.32. The molecule has 2 aliphatic rings. The van der Waals surface area contributed by atoms with Crippen molar-refractivity contribution in [3.05, 3.63) is 35.4 Å². The van der Waals surface area contributed by atoms with Crippen LogP contribution in [0.5, 0.6) is 0 Å². The van der Waals surface area contributed by atoms with E-state index in [0.717, 1.165) is 11.8 Å². The zero-order valence-electron chi connectivity index (χ0n) is 11.4. The molecular weight excluding hydrogens is 220 g/mol. The van der Waals surface area contributed by atoms with E-state index < -0.39 is 0 Å². The molecule has 0 amide bonds. The Morgan fingerprint density at radius 1 is 1.17 bits per heavy atom. The highest BCUT2D eigenvalue weighted by Crippen LogP contribution is 2.58. The summed E-state index contributed by atoms with van der Waals surface area (Å²) in [7, 11) is 0. The molecule has 3 rings (SSSR count). The number of Topliss-reactive ketones (excluding diaryl/α,β-unsaturated/α-hetero) is 1. The molecule has 1 nitrogen and oxygen atoms in total. The molecule has 0 radical (unpaired) electrons. The maximum atomic E-state index is 12.2. The fourth-order valence-electron chi connectivity index (χ4n) is 3.64. The molecule has 0 bridgehead atoms. The van der Waals surface area contributed by atoms with Crippen LogP contribution in [-0.4, -0.2) is 5.78 Å². The van der Waals surface area contributed by atoms with Gasteiger partial charge in [0.1, 0.15) is 5.78 Å². The maximum absolute atomic E-state index is 12.2. The largest absolute Gasteiger partial charge is 0.299 e. The summed E-state index contributed by atoms with van der Waals surface area (Å²) in [6.07, 6.45) is 4.60. The minimum Gasteiger partial charge on any atom is -0.299 e. The molecule has 0 aromatic heterocycles. The third kappa shape index (κ3) is 2.11. The molecule has 0 saturated heterocycles. The van der Waals surface area contributed by atoms with Crippen LogP contribution in [0.3, 0.4) is 0 Å². The number of rotatable bonds is 4. The number of carbonyl (C=O) groups is 1. The Morgan fingerprint density at radius 3 is 2.33 bits per heavy atom. The van der Waals surface area contributed by atoms with Crippen LogP contribution in [0.15, 0.2) is 24.3 Å². The topological polar surface area (TPSA) is 17.1 Å². The van der Waals surface area contributed by atoms with Gasteiger partial charge in [-0.25, -0.2) is 0 Å². The van der Waals surface area contributed by atoms with Crippen molar-refractivity contribution in [2.75, 3.05) is 0 Å². The van der Waals surface area contributed by atoms with Crippen molar-refractivity contribution < 1.29 is 4.79 Å². The summed E-state index contributed by atoms with van der Waals surface area (Å²) in [5.74, 6) is 2.99. The molecule has 2 unspecified atom stereocenters. The lowest BCUT2D eigenvalue weighted by Crippen LogP contribution is -2.09. The van der Waals surface area contributed by atoms with Gasteiger partial charge in [0, 0.05) is 12.3 Å². The molecule has 0 N–H and O–H groups in total. The minimum atomic E-state index is 0.420. The lowest BCUT2D eigenvalue weighted by molar-refractivity contribution is -0.120. The third-order valence-corrected chi connectivity index (χ3v) is 4.80. The Morgan fingerprint density at radius 2 is 1.78 bits per heavy atom. The number of fused-ring (bicyclic) bond motifs is 1. The monoisotopic (exact) mass is 242 g/mol. The quantitative estimate of drug-likeness (QED) is 0.781. The Balaban J connectivity index is 1.61. The van der Waals surface area contributed by atoms with E-state index in [1.165, 1.54) is 30.4 Å². The maximum Gasteiger partial charge on any atom is 0.140 e. The van der Waals surface area contributed by atoms with Gasteiger partial charge >= 0.3 is 0 Å². The van der Waals surface area contributed by atoms with Crippen LogP contribution < -0.4 is 0 Å². The van der Waals surface area contributed by atoms with Gasteiger partial charge in [0.15, 0.2) is 0 Å². The Hall–Kier alpha value is -1.11.